The van der Waals surface area contributed by atoms with Crippen LogP contribution < -0.4 is 4.89 Å². The Labute approximate surface area is 503 Å². The molecule has 0 N–H and O–H groups in total. The summed E-state index contributed by atoms with van der Waals surface area (Å²) in [4.78, 5) is 38.0. The van der Waals surface area contributed by atoms with Crippen molar-refractivity contribution in [3.63, 3.8) is 0 Å². The third-order valence-corrected chi connectivity index (χ3v) is 16.8. The van der Waals surface area contributed by atoms with E-state index in [0.29, 0.717) is 17.4 Å². The molecule has 0 radical (unpaired) electrons. The van der Waals surface area contributed by atoms with Crippen molar-refractivity contribution in [2.24, 2.45) is 0 Å². The molecule has 2 unspecified atom stereocenters. The second-order valence-corrected chi connectivity index (χ2v) is 26.7. The van der Waals surface area contributed by atoms with Crippen molar-refractivity contribution in [3.05, 3.63) is 36.5 Å². The van der Waals surface area contributed by atoms with Gasteiger partial charge in [0.15, 0.2) is 6.10 Å². The molecule has 81 heavy (non-hydrogen) atoms. The fraction of sp³-hybridized carbons (Fsp3) is 0.887. The predicted octanol–water partition coefficient (Wildman–Crippen LogP) is 22.0. The summed E-state index contributed by atoms with van der Waals surface area (Å²) in [5.41, 5.74) is 0. The number of ether oxygens (including phenoxy) is 2. The molecule has 0 rings (SSSR count). The third kappa shape index (κ3) is 67.2. The van der Waals surface area contributed by atoms with Crippen LogP contribution in [0, 0.1) is 0 Å². The van der Waals surface area contributed by atoms with E-state index in [4.69, 9.17) is 18.5 Å². The minimum absolute atomic E-state index is 0.0307. The van der Waals surface area contributed by atoms with Gasteiger partial charge in [-0.15, -0.1) is 0 Å². The van der Waals surface area contributed by atoms with Crippen LogP contribution in [0.25, 0.3) is 0 Å². The van der Waals surface area contributed by atoms with Crippen LogP contribution in [0.5, 0.6) is 0 Å². The highest BCUT2D eigenvalue weighted by Gasteiger charge is 2.22. The summed E-state index contributed by atoms with van der Waals surface area (Å²) in [5.74, 6) is -0.826. The molecule has 0 aliphatic rings. The monoisotopic (exact) mass is 1160 g/mol. The Morgan fingerprint density at radius 2 is 0.667 bits per heavy atom. The number of quaternary nitrogens is 1. The first-order valence-corrected chi connectivity index (χ1v) is 36.7. The van der Waals surface area contributed by atoms with E-state index in [1.165, 1.54) is 270 Å². The first kappa shape index (κ1) is 79.2. The van der Waals surface area contributed by atoms with Gasteiger partial charge >= 0.3 is 11.9 Å². The molecule has 0 amide bonds. The highest BCUT2D eigenvalue weighted by molar-refractivity contribution is 7.45. The van der Waals surface area contributed by atoms with Crippen LogP contribution in [0.4, 0.5) is 0 Å². The second-order valence-electron chi connectivity index (χ2n) is 25.2. The number of hydrogen-bond donors (Lipinski definition) is 0. The number of phosphoric acid groups is 1. The van der Waals surface area contributed by atoms with E-state index >= 15 is 0 Å². The Bertz CT molecular complexity index is 1460. The molecule has 10 heteroatoms. The molecule has 478 valence electrons. The van der Waals surface area contributed by atoms with Gasteiger partial charge in [0.2, 0.25) is 0 Å². The molecule has 0 saturated carbocycles. The first-order valence-electron chi connectivity index (χ1n) is 35.2. The van der Waals surface area contributed by atoms with Gasteiger partial charge in [-0.1, -0.05) is 307 Å². The molecule has 0 saturated heterocycles. The van der Waals surface area contributed by atoms with Gasteiger partial charge in [0.25, 0.3) is 7.82 Å². The normalized spacial score (nSPS) is 13.3. The van der Waals surface area contributed by atoms with E-state index in [9.17, 15) is 19.0 Å². The Balaban J connectivity index is 3.88. The molecule has 0 aromatic carbocycles. The maximum atomic E-state index is 12.8. The maximum absolute atomic E-state index is 12.8. The molecular weight excluding hydrogens is 1030 g/mol. The fourth-order valence-corrected chi connectivity index (χ4v) is 11.2. The van der Waals surface area contributed by atoms with E-state index in [1.807, 2.05) is 21.1 Å². The predicted molar refractivity (Wildman–Crippen MR) is 347 cm³/mol. The van der Waals surface area contributed by atoms with Gasteiger partial charge in [-0.3, -0.25) is 14.2 Å². The van der Waals surface area contributed by atoms with Gasteiger partial charge < -0.3 is 27.9 Å². The molecule has 9 nitrogen and oxygen atoms in total. The zero-order chi connectivity index (χ0) is 59.1. The van der Waals surface area contributed by atoms with Crippen molar-refractivity contribution in [2.75, 3.05) is 47.5 Å². The average Bonchev–Trinajstić information content (AvgIpc) is 3.43. The minimum Gasteiger partial charge on any atom is -0.756 e. The number of esters is 2. The number of allylic oxidation sites excluding steroid dienone is 6. The van der Waals surface area contributed by atoms with Crippen LogP contribution in [0.3, 0.4) is 0 Å². The molecule has 0 aliphatic carbocycles. The number of phosphoric ester groups is 1. The molecule has 0 aromatic rings. The molecule has 0 spiro atoms. The van der Waals surface area contributed by atoms with Crippen LogP contribution in [0.2, 0.25) is 0 Å². The lowest BCUT2D eigenvalue weighted by Gasteiger charge is -2.28. The van der Waals surface area contributed by atoms with Crippen LogP contribution in [-0.4, -0.2) is 70.0 Å². The van der Waals surface area contributed by atoms with Crippen LogP contribution in [0.15, 0.2) is 36.5 Å². The maximum Gasteiger partial charge on any atom is 0.306 e. The lowest BCUT2D eigenvalue weighted by atomic mass is 10.0. The largest absolute Gasteiger partial charge is 0.756 e. The number of likely N-dealkylation sites (N-methyl/N-ethyl adjacent to an activating group) is 1. The summed E-state index contributed by atoms with van der Waals surface area (Å²) in [6.07, 6.45) is 79.7. The van der Waals surface area contributed by atoms with Crippen molar-refractivity contribution in [1.29, 1.82) is 0 Å². The summed E-state index contributed by atoms with van der Waals surface area (Å²) in [6.45, 7) is 4.26. The Hall–Kier alpha value is -1.77. The Morgan fingerprint density at radius 3 is 1.00 bits per heavy atom. The molecular formula is C71H136NO8P. The lowest BCUT2D eigenvalue weighted by Crippen LogP contribution is -2.37. The standard InChI is InChI=1S/C71H136NO8P/c1-6-8-10-12-14-16-18-20-22-24-26-27-28-29-30-31-32-33-34-35-36-37-38-39-40-41-42-43-44-45-46-48-49-51-53-55-57-59-61-63-70(73)77-67-69(68-79-81(75,76)78-66-65-72(3,4)5)80-71(74)64-62-60-58-56-54-52-50-47-25-23-21-19-17-15-13-11-9-7-2/h17,19,23-26,69H,6-16,18,20-22,27-68H2,1-5H3/b19-17-,25-23-,26-24-. The number of rotatable bonds is 66. The highest BCUT2D eigenvalue weighted by Crippen LogP contribution is 2.38. The molecule has 2 atom stereocenters. The molecule has 0 aromatic heterocycles. The van der Waals surface area contributed by atoms with Crippen molar-refractivity contribution < 1.29 is 42.1 Å². The molecule has 0 aliphatic heterocycles. The molecule has 0 fully saturated rings. The van der Waals surface area contributed by atoms with E-state index in [1.54, 1.807) is 0 Å². The summed E-state index contributed by atoms with van der Waals surface area (Å²) >= 11 is 0. The fourth-order valence-electron chi connectivity index (χ4n) is 10.5. The topological polar surface area (TPSA) is 111 Å². The highest BCUT2D eigenvalue weighted by atomic mass is 31.2. The van der Waals surface area contributed by atoms with Gasteiger partial charge in [0.05, 0.1) is 27.7 Å². The van der Waals surface area contributed by atoms with E-state index in [2.05, 4.69) is 50.3 Å². The van der Waals surface area contributed by atoms with Gasteiger partial charge in [0.1, 0.15) is 19.8 Å². The quantitative estimate of drug-likeness (QED) is 0.0195. The average molecular weight is 1160 g/mol. The van der Waals surface area contributed by atoms with Gasteiger partial charge in [-0.05, 0) is 70.6 Å². The van der Waals surface area contributed by atoms with Crippen molar-refractivity contribution in [2.45, 2.75) is 360 Å². The van der Waals surface area contributed by atoms with Gasteiger partial charge in [0, 0.05) is 12.8 Å². The van der Waals surface area contributed by atoms with Crippen molar-refractivity contribution in [1.82, 2.24) is 0 Å². The first-order chi connectivity index (χ1) is 39.5. The second kappa shape index (κ2) is 62.8. The van der Waals surface area contributed by atoms with E-state index in [-0.39, 0.29) is 32.0 Å². The zero-order valence-corrected chi connectivity index (χ0v) is 55.4. The summed E-state index contributed by atoms with van der Waals surface area (Å²) < 4.78 is 34.2. The third-order valence-electron chi connectivity index (χ3n) is 15.9. The van der Waals surface area contributed by atoms with Gasteiger partial charge in [-0.2, -0.15) is 0 Å². The van der Waals surface area contributed by atoms with Crippen LogP contribution >= 0.6 is 7.82 Å². The van der Waals surface area contributed by atoms with Crippen LogP contribution in [0.1, 0.15) is 354 Å². The Morgan fingerprint density at radius 1 is 0.383 bits per heavy atom. The number of carbonyl (C=O) groups is 2. The molecule has 0 heterocycles. The smallest absolute Gasteiger partial charge is 0.306 e. The summed E-state index contributed by atoms with van der Waals surface area (Å²) in [7, 11) is 1.17. The van der Waals surface area contributed by atoms with Crippen molar-refractivity contribution in [3.8, 4) is 0 Å². The number of hydrogen-bond acceptors (Lipinski definition) is 8. The Kier molecular flexibility index (Phi) is 61.4. The van der Waals surface area contributed by atoms with E-state index in [0.717, 1.165) is 51.4 Å². The SMILES string of the molecule is CCCCCC/C=C\C/C=C\CCCCCCCCCC(=O)OC(COC(=O)CCCCCCCCCCCCCCCCCCCCCCCCCCCCC/C=C\CCCCCCCCCC)COP(=O)([O-])OCC[N+](C)(C)C. The lowest BCUT2D eigenvalue weighted by molar-refractivity contribution is -0.870. The summed E-state index contributed by atoms with van der Waals surface area (Å²) in [5, 5.41) is 0. The zero-order valence-electron chi connectivity index (χ0n) is 54.5. The minimum atomic E-state index is -4.64. The number of unbranched alkanes of at least 4 members (excludes halogenated alkanes) is 46. The van der Waals surface area contributed by atoms with Crippen LogP contribution in [-0.2, 0) is 32.7 Å². The summed E-state index contributed by atoms with van der Waals surface area (Å²) in [6, 6.07) is 0. The van der Waals surface area contributed by atoms with Crippen molar-refractivity contribution >= 4 is 19.8 Å². The number of carbonyl (C=O) groups excluding carboxylic acids is 2. The van der Waals surface area contributed by atoms with Gasteiger partial charge in [-0.25, -0.2) is 0 Å². The number of nitrogens with zero attached hydrogens (tertiary/aromatic N) is 1. The van der Waals surface area contributed by atoms with E-state index < -0.39 is 26.5 Å². The molecule has 0 bridgehead atoms.